The lowest BCUT2D eigenvalue weighted by atomic mass is 10.1. The lowest BCUT2D eigenvalue weighted by Gasteiger charge is -2.21. The Hall–Kier alpha value is -0.860. The van der Waals surface area contributed by atoms with E-state index in [2.05, 4.69) is 48.3 Å². The summed E-state index contributed by atoms with van der Waals surface area (Å²) in [5, 5.41) is 3.48. The van der Waals surface area contributed by atoms with Crippen LogP contribution in [0.3, 0.4) is 0 Å². The molecule has 1 atom stereocenters. The first kappa shape index (κ1) is 11.6. The third-order valence-corrected chi connectivity index (χ3v) is 3.19. The highest BCUT2D eigenvalue weighted by Gasteiger charge is 2.13. The van der Waals surface area contributed by atoms with Gasteiger partial charge in [0.15, 0.2) is 0 Å². The van der Waals surface area contributed by atoms with Crippen LogP contribution in [0, 0.1) is 12.8 Å². The minimum absolute atomic E-state index is 0.757. The zero-order chi connectivity index (χ0) is 11.4. The fourth-order valence-corrected chi connectivity index (χ4v) is 2.28. The van der Waals surface area contributed by atoms with Crippen LogP contribution in [0.25, 0.3) is 0 Å². The van der Waals surface area contributed by atoms with Gasteiger partial charge >= 0.3 is 0 Å². The van der Waals surface area contributed by atoms with Gasteiger partial charge < -0.3 is 5.32 Å². The van der Waals surface area contributed by atoms with Gasteiger partial charge in [-0.15, -0.1) is 0 Å². The number of nitrogens with zero attached hydrogens (tertiary/aromatic N) is 1. The molecule has 1 N–H and O–H groups in total. The molecule has 88 valence electrons. The van der Waals surface area contributed by atoms with Crippen LogP contribution in [0.5, 0.6) is 0 Å². The van der Waals surface area contributed by atoms with Crippen molar-refractivity contribution in [1.82, 2.24) is 10.2 Å². The summed E-state index contributed by atoms with van der Waals surface area (Å²) in [6, 6.07) is 8.90. The lowest BCUT2D eigenvalue weighted by molar-refractivity contribution is 0.257. The van der Waals surface area contributed by atoms with Gasteiger partial charge in [0.25, 0.3) is 0 Å². The predicted octanol–water partition coefficient (Wildman–Crippen LogP) is 2.04. The maximum Gasteiger partial charge on any atom is 0.0234 e. The zero-order valence-corrected chi connectivity index (χ0v) is 10.4. The monoisotopic (exact) mass is 218 g/mol. The number of rotatable bonds is 2. The van der Waals surface area contributed by atoms with E-state index < -0.39 is 0 Å². The van der Waals surface area contributed by atoms with Gasteiger partial charge in [0.1, 0.15) is 0 Å². The summed E-state index contributed by atoms with van der Waals surface area (Å²) in [5.41, 5.74) is 2.77. The molecule has 2 nitrogen and oxygen atoms in total. The molecule has 0 bridgehead atoms. The van der Waals surface area contributed by atoms with Crippen molar-refractivity contribution in [3.63, 3.8) is 0 Å². The molecule has 0 aromatic heterocycles. The van der Waals surface area contributed by atoms with Crippen molar-refractivity contribution in [2.45, 2.75) is 20.4 Å². The topological polar surface area (TPSA) is 15.3 Å². The SMILES string of the molecule is Cc1ccc(CN2CCNCC(C)C2)cc1. The van der Waals surface area contributed by atoms with E-state index in [9.17, 15) is 0 Å². The molecule has 0 aliphatic carbocycles. The lowest BCUT2D eigenvalue weighted by Crippen LogP contribution is -2.28. The average Bonchev–Trinajstić information content (AvgIpc) is 2.46. The molecule has 0 spiro atoms. The fraction of sp³-hybridized carbons (Fsp3) is 0.571. The highest BCUT2D eigenvalue weighted by molar-refractivity contribution is 5.21. The second-order valence-corrected chi connectivity index (χ2v) is 5.03. The second-order valence-electron chi connectivity index (χ2n) is 5.03. The highest BCUT2D eigenvalue weighted by atomic mass is 15.2. The summed E-state index contributed by atoms with van der Waals surface area (Å²) in [7, 11) is 0. The molecular formula is C14H22N2. The number of hydrogen-bond acceptors (Lipinski definition) is 2. The Kier molecular flexibility index (Phi) is 3.97. The van der Waals surface area contributed by atoms with Gasteiger partial charge in [-0.05, 0) is 24.9 Å². The van der Waals surface area contributed by atoms with Gasteiger partial charge in [0, 0.05) is 26.2 Å². The summed E-state index contributed by atoms with van der Waals surface area (Å²) in [4.78, 5) is 2.55. The predicted molar refractivity (Wildman–Crippen MR) is 68.5 cm³/mol. The molecule has 16 heavy (non-hydrogen) atoms. The Labute approximate surface area is 98.7 Å². The van der Waals surface area contributed by atoms with E-state index in [1.54, 1.807) is 0 Å². The highest BCUT2D eigenvalue weighted by Crippen LogP contribution is 2.10. The fourth-order valence-electron chi connectivity index (χ4n) is 2.28. The van der Waals surface area contributed by atoms with E-state index in [-0.39, 0.29) is 0 Å². The van der Waals surface area contributed by atoms with Gasteiger partial charge in [-0.1, -0.05) is 36.8 Å². The molecule has 1 aliphatic heterocycles. The zero-order valence-electron chi connectivity index (χ0n) is 10.4. The van der Waals surface area contributed by atoms with Gasteiger partial charge in [-0.25, -0.2) is 0 Å². The minimum Gasteiger partial charge on any atom is -0.315 e. The van der Waals surface area contributed by atoms with E-state index in [0.717, 1.165) is 32.1 Å². The molecule has 2 rings (SSSR count). The van der Waals surface area contributed by atoms with Crippen LogP contribution < -0.4 is 5.32 Å². The first-order valence-electron chi connectivity index (χ1n) is 6.22. The van der Waals surface area contributed by atoms with Crippen LogP contribution in [0.15, 0.2) is 24.3 Å². The van der Waals surface area contributed by atoms with Gasteiger partial charge in [-0.2, -0.15) is 0 Å². The van der Waals surface area contributed by atoms with Crippen LogP contribution in [0.4, 0.5) is 0 Å². The standard InChI is InChI=1S/C14H22N2/c1-12-3-5-14(6-4-12)11-16-8-7-15-9-13(2)10-16/h3-6,13,15H,7-11H2,1-2H3. The molecule has 1 aromatic rings. The Morgan fingerprint density at radius 3 is 2.81 bits per heavy atom. The molecule has 1 aromatic carbocycles. The van der Waals surface area contributed by atoms with E-state index in [0.29, 0.717) is 0 Å². The van der Waals surface area contributed by atoms with Crippen LogP contribution >= 0.6 is 0 Å². The van der Waals surface area contributed by atoms with Crippen molar-refractivity contribution in [1.29, 1.82) is 0 Å². The minimum atomic E-state index is 0.757. The smallest absolute Gasteiger partial charge is 0.0234 e. The molecule has 1 aliphatic rings. The largest absolute Gasteiger partial charge is 0.315 e. The first-order valence-corrected chi connectivity index (χ1v) is 6.22. The number of benzene rings is 1. The maximum absolute atomic E-state index is 3.48. The molecular weight excluding hydrogens is 196 g/mol. The first-order chi connectivity index (χ1) is 7.74. The molecule has 1 fully saturated rings. The quantitative estimate of drug-likeness (QED) is 0.817. The summed E-state index contributed by atoms with van der Waals surface area (Å²) in [6.45, 7) is 10.2. The molecule has 1 heterocycles. The van der Waals surface area contributed by atoms with Crippen LogP contribution in [-0.4, -0.2) is 31.1 Å². The van der Waals surface area contributed by atoms with Gasteiger partial charge in [0.05, 0.1) is 0 Å². The van der Waals surface area contributed by atoms with Crippen LogP contribution in [0.2, 0.25) is 0 Å². The summed E-state index contributed by atoms with van der Waals surface area (Å²) < 4.78 is 0. The number of aryl methyl sites for hydroxylation is 1. The average molecular weight is 218 g/mol. The molecule has 0 saturated carbocycles. The van der Waals surface area contributed by atoms with E-state index in [1.807, 2.05) is 0 Å². The normalized spacial score (nSPS) is 23.0. The Balaban J connectivity index is 1.95. The van der Waals surface area contributed by atoms with E-state index in [1.165, 1.54) is 17.7 Å². The number of hydrogen-bond donors (Lipinski definition) is 1. The van der Waals surface area contributed by atoms with Gasteiger partial charge in [-0.3, -0.25) is 4.90 Å². The third kappa shape index (κ3) is 3.32. The van der Waals surface area contributed by atoms with Crippen molar-refractivity contribution in [2.24, 2.45) is 5.92 Å². The summed E-state index contributed by atoms with van der Waals surface area (Å²) >= 11 is 0. The molecule has 2 heteroatoms. The maximum atomic E-state index is 3.48. The van der Waals surface area contributed by atoms with Crippen molar-refractivity contribution in [3.8, 4) is 0 Å². The molecule has 0 radical (unpaired) electrons. The van der Waals surface area contributed by atoms with Crippen molar-refractivity contribution in [3.05, 3.63) is 35.4 Å². The van der Waals surface area contributed by atoms with Crippen LogP contribution in [0.1, 0.15) is 18.1 Å². The van der Waals surface area contributed by atoms with Crippen molar-refractivity contribution in [2.75, 3.05) is 26.2 Å². The van der Waals surface area contributed by atoms with Gasteiger partial charge in [0.2, 0.25) is 0 Å². The third-order valence-electron chi connectivity index (χ3n) is 3.19. The summed E-state index contributed by atoms with van der Waals surface area (Å²) in [6.07, 6.45) is 0. The van der Waals surface area contributed by atoms with E-state index in [4.69, 9.17) is 0 Å². The summed E-state index contributed by atoms with van der Waals surface area (Å²) in [5.74, 6) is 0.757. The van der Waals surface area contributed by atoms with E-state index >= 15 is 0 Å². The Morgan fingerprint density at radius 2 is 2.06 bits per heavy atom. The molecule has 0 amide bonds. The Bertz CT molecular complexity index is 318. The van der Waals surface area contributed by atoms with Crippen LogP contribution in [-0.2, 0) is 6.54 Å². The van der Waals surface area contributed by atoms with Crippen molar-refractivity contribution < 1.29 is 0 Å². The Morgan fingerprint density at radius 1 is 1.31 bits per heavy atom. The molecule has 1 saturated heterocycles. The molecule has 1 unspecified atom stereocenters. The van der Waals surface area contributed by atoms with Crippen molar-refractivity contribution >= 4 is 0 Å². The number of nitrogens with one attached hydrogen (secondary N) is 1. The second kappa shape index (κ2) is 5.46.